The molecule has 1 aliphatic heterocycles. The molecule has 1 N–H and O–H groups in total. The third-order valence-electron chi connectivity index (χ3n) is 4.99. The van der Waals surface area contributed by atoms with Gasteiger partial charge in [0.2, 0.25) is 0 Å². The average Bonchev–Trinajstić information content (AvgIpc) is 3.26. The Kier molecular flexibility index (Phi) is 7.08. The zero-order chi connectivity index (χ0) is 22.7. The van der Waals surface area contributed by atoms with Gasteiger partial charge >= 0.3 is 0 Å². The molecule has 0 radical (unpaired) electrons. The summed E-state index contributed by atoms with van der Waals surface area (Å²) in [4.78, 5) is 27.2. The number of Topliss-reactive ketones (excluding diaryl/α,β-unsaturated/α-hetero) is 1. The van der Waals surface area contributed by atoms with Crippen molar-refractivity contribution in [1.29, 1.82) is 0 Å². The predicted octanol–water partition coefficient (Wildman–Crippen LogP) is 4.49. The largest absolute Gasteiger partial charge is 0.507 e. The van der Waals surface area contributed by atoms with Crippen LogP contribution < -0.4 is 4.74 Å². The van der Waals surface area contributed by atoms with Gasteiger partial charge in [0.1, 0.15) is 29.1 Å². The summed E-state index contributed by atoms with van der Waals surface area (Å²) in [6.07, 6.45) is 0.606. The summed E-state index contributed by atoms with van der Waals surface area (Å²) in [6.45, 7) is 6.35. The van der Waals surface area contributed by atoms with Crippen LogP contribution in [0.3, 0.4) is 0 Å². The normalized spacial score (nSPS) is 18.3. The predicted molar refractivity (Wildman–Crippen MR) is 116 cm³/mol. The number of amides is 1. The molecule has 1 saturated heterocycles. The number of aliphatic hydroxyl groups is 1. The van der Waals surface area contributed by atoms with Crippen molar-refractivity contribution < 1.29 is 28.6 Å². The minimum Gasteiger partial charge on any atom is -0.507 e. The first-order chi connectivity index (χ1) is 14.7. The molecule has 2 aromatic rings. The van der Waals surface area contributed by atoms with Crippen molar-refractivity contribution in [2.45, 2.75) is 39.3 Å². The fraction of sp³-hybridized carbons (Fsp3) is 0.391. The van der Waals surface area contributed by atoms with Crippen molar-refractivity contribution in [2.24, 2.45) is 0 Å². The highest BCUT2D eigenvalue weighted by Crippen LogP contribution is 2.40. The number of hydrogen-bond acceptors (Lipinski definition) is 6. The Balaban J connectivity index is 2.02. The van der Waals surface area contributed by atoms with E-state index >= 15 is 0 Å². The summed E-state index contributed by atoms with van der Waals surface area (Å²) in [6, 6.07) is 7.27. The fourth-order valence-corrected chi connectivity index (χ4v) is 3.79. The molecule has 31 heavy (non-hydrogen) atoms. The number of hydrogen-bond donors (Lipinski definition) is 1. The fourth-order valence-electron chi connectivity index (χ4n) is 3.53. The minimum atomic E-state index is -0.839. The second kappa shape index (κ2) is 9.58. The van der Waals surface area contributed by atoms with E-state index in [0.717, 1.165) is 0 Å². The highest BCUT2D eigenvalue weighted by atomic mass is 35.5. The Bertz CT molecular complexity index is 1010. The molecular weight excluding hydrogens is 422 g/mol. The maximum atomic E-state index is 12.9. The molecule has 8 heteroatoms. The van der Waals surface area contributed by atoms with E-state index in [9.17, 15) is 14.7 Å². The van der Waals surface area contributed by atoms with Gasteiger partial charge in [0.25, 0.3) is 11.7 Å². The third-order valence-corrected chi connectivity index (χ3v) is 5.29. The molecule has 2 heterocycles. The van der Waals surface area contributed by atoms with Gasteiger partial charge < -0.3 is 23.9 Å². The molecule has 1 atom stereocenters. The molecule has 0 aliphatic carbocycles. The van der Waals surface area contributed by atoms with Crippen LogP contribution in [0, 0.1) is 6.92 Å². The van der Waals surface area contributed by atoms with Gasteiger partial charge in [0.05, 0.1) is 23.8 Å². The van der Waals surface area contributed by atoms with Crippen LogP contribution >= 0.6 is 11.6 Å². The van der Waals surface area contributed by atoms with E-state index < -0.39 is 17.7 Å². The van der Waals surface area contributed by atoms with Gasteiger partial charge in [-0.3, -0.25) is 9.59 Å². The molecule has 1 aliphatic rings. The van der Waals surface area contributed by atoms with Crippen LogP contribution in [0.5, 0.6) is 5.75 Å². The Morgan fingerprint density at radius 2 is 2.00 bits per heavy atom. The SMILES string of the molecule is COc1ccc(/C(O)=C2/C(=O)C(=O)N(CCCOC(C)C)C2c2ccc(C)o2)cc1Cl. The number of benzene rings is 1. The van der Waals surface area contributed by atoms with Crippen molar-refractivity contribution >= 4 is 29.1 Å². The van der Waals surface area contributed by atoms with Gasteiger partial charge in [-0.05, 0) is 57.5 Å². The maximum Gasteiger partial charge on any atom is 0.295 e. The van der Waals surface area contributed by atoms with Crippen LogP contribution in [0.15, 0.2) is 40.3 Å². The second-order valence-electron chi connectivity index (χ2n) is 7.56. The molecule has 166 valence electrons. The van der Waals surface area contributed by atoms with Crippen molar-refractivity contribution in [3.05, 3.63) is 58.0 Å². The Morgan fingerprint density at radius 1 is 1.26 bits per heavy atom. The van der Waals surface area contributed by atoms with E-state index in [0.29, 0.717) is 35.9 Å². The summed E-state index contributed by atoms with van der Waals surface area (Å²) < 4.78 is 16.4. The molecular formula is C23H26ClNO6. The van der Waals surface area contributed by atoms with E-state index in [-0.39, 0.29) is 29.0 Å². The van der Waals surface area contributed by atoms with Crippen LogP contribution in [0.1, 0.15) is 43.4 Å². The second-order valence-corrected chi connectivity index (χ2v) is 7.97. The number of carbonyl (C=O) groups excluding carboxylic acids is 2. The van der Waals surface area contributed by atoms with E-state index in [4.69, 9.17) is 25.5 Å². The summed E-state index contributed by atoms with van der Waals surface area (Å²) in [5.74, 6) is -0.304. The van der Waals surface area contributed by atoms with Crippen LogP contribution in [0.25, 0.3) is 5.76 Å². The number of carbonyl (C=O) groups is 2. The molecule has 0 bridgehead atoms. The molecule has 1 aromatic carbocycles. The number of halogens is 1. The summed E-state index contributed by atoms with van der Waals surface area (Å²) >= 11 is 6.19. The van der Waals surface area contributed by atoms with Gasteiger partial charge in [0, 0.05) is 18.7 Å². The highest BCUT2D eigenvalue weighted by Gasteiger charge is 2.47. The molecule has 1 fully saturated rings. The molecule has 3 rings (SSSR count). The first-order valence-corrected chi connectivity index (χ1v) is 10.4. The number of ether oxygens (including phenoxy) is 2. The van der Waals surface area contributed by atoms with Gasteiger partial charge in [-0.15, -0.1) is 0 Å². The first kappa shape index (κ1) is 22.9. The number of rotatable bonds is 8. The number of likely N-dealkylation sites (tertiary alicyclic amines) is 1. The smallest absolute Gasteiger partial charge is 0.295 e. The number of furan rings is 1. The topological polar surface area (TPSA) is 89.2 Å². The monoisotopic (exact) mass is 447 g/mol. The molecule has 0 spiro atoms. The van der Waals surface area contributed by atoms with E-state index in [2.05, 4.69) is 0 Å². The maximum absolute atomic E-state index is 12.9. The lowest BCUT2D eigenvalue weighted by Gasteiger charge is -2.23. The molecule has 1 unspecified atom stereocenters. The van der Waals surface area contributed by atoms with Crippen molar-refractivity contribution in [3.8, 4) is 5.75 Å². The van der Waals surface area contributed by atoms with Crippen LogP contribution in [0.2, 0.25) is 5.02 Å². The lowest BCUT2D eigenvalue weighted by molar-refractivity contribution is -0.140. The Morgan fingerprint density at radius 3 is 2.58 bits per heavy atom. The van der Waals surface area contributed by atoms with Crippen LogP contribution in [-0.2, 0) is 14.3 Å². The van der Waals surface area contributed by atoms with Crippen LogP contribution in [-0.4, -0.2) is 48.1 Å². The minimum absolute atomic E-state index is 0.0367. The summed E-state index contributed by atoms with van der Waals surface area (Å²) in [5.41, 5.74) is 0.269. The highest BCUT2D eigenvalue weighted by molar-refractivity contribution is 6.46. The third kappa shape index (κ3) is 4.78. The number of nitrogens with zero attached hydrogens (tertiary/aromatic N) is 1. The Labute approximate surface area is 186 Å². The molecule has 0 saturated carbocycles. The van der Waals surface area contributed by atoms with Crippen molar-refractivity contribution in [2.75, 3.05) is 20.3 Å². The van der Waals surface area contributed by atoms with Gasteiger partial charge in [-0.1, -0.05) is 11.6 Å². The van der Waals surface area contributed by atoms with Crippen LogP contribution in [0.4, 0.5) is 0 Å². The lowest BCUT2D eigenvalue weighted by Crippen LogP contribution is -2.31. The average molecular weight is 448 g/mol. The van der Waals surface area contributed by atoms with E-state index in [1.807, 2.05) is 13.8 Å². The zero-order valence-corrected chi connectivity index (χ0v) is 18.7. The number of ketones is 1. The summed E-state index contributed by atoms with van der Waals surface area (Å²) in [7, 11) is 1.48. The Hall–Kier alpha value is -2.77. The van der Waals surface area contributed by atoms with Gasteiger partial charge in [0.15, 0.2) is 0 Å². The van der Waals surface area contributed by atoms with E-state index in [1.54, 1.807) is 31.2 Å². The van der Waals surface area contributed by atoms with Gasteiger partial charge in [-0.25, -0.2) is 0 Å². The quantitative estimate of drug-likeness (QED) is 0.277. The molecule has 1 amide bonds. The molecule has 7 nitrogen and oxygen atoms in total. The number of methoxy groups -OCH3 is 1. The zero-order valence-electron chi connectivity index (χ0n) is 18.0. The van der Waals surface area contributed by atoms with E-state index in [1.165, 1.54) is 18.1 Å². The van der Waals surface area contributed by atoms with Crippen molar-refractivity contribution in [1.82, 2.24) is 4.90 Å². The lowest BCUT2D eigenvalue weighted by atomic mass is 9.99. The first-order valence-electron chi connectivity index (χ1n) is 10.0. The number of aryl methyl sites for hydroxylation is 1. The van der Waals surface area contributed by atoms with Gasteiger partial charge in [-0.2, -0.15) is 0 Å². The summed E-state index contributed by atoms with van der Waals surface area (Å²) in [5, 5.41) is 11.3. The number of aliphatic hydroxyl groups excluding tert-OH is 1. The molecule has 1 aromatic heterocycles. The standard InChI is InChI=1S/C23H26ClNO6/c1-13(2)30-11-5-10-25-20(18-8-6-14(3)31-18)19(22(27)23(25)28)21(26)15-7-9-17(29-4)16(24)12-15/h6-9,12-13,20,26H,5,10-11H2,1-4H3/b21-19-. The van der Waals surface area contributed by atoms with Crippen molar-refractivity contribution in [3.63, 3.8) is 0 Å².